The van der Waals surface area contributed by atoms with E-state index in [9.17, 15) is 4.79 Å². The third kappa shape index (κ3) is 1.79. The van der Waals surface area contributed by atoms with Crippen molar-refractivity contribution in [3.05, 3.63) is 71.3 Å². The molecule has 0 saturated carbocycles. The molecule has 2 nitrogen and oxygen atoms in total. The molecule has 18 heavy (non-hydrogen) atoms. The lowest BCUT2D eigenvalue weighted by Gasteiger charge is -2.28. The van der Waals surface area contributed by atoms with Gasteiger partial charge in [-0.25, -0.2) is 0 Å². The summed E-state index contributed by atoms with van der Waals surface area (Å²) in [5.41, 5.74) is 2.76. The molecule has 1 aliphatic rings. The predicted octanol–water partition coefficient (Wildman–Crippen LogP) is 3.61. The van der Waals surface area contributed by atoms with Gasteiger partial charge in [0.1, 0.15) is 0 Å². The Bertz CT molecular complexity index is 580. The Morgan fingerprint density at radius 3 is 2.22 bits per heavy atom. The number of esters is 1. The van der Waals surface area contributed by atoms with E-state index in [-0.39, 0.29) is 12.1 Å². The lowest BCUT2D eigenvalue weighted by molar-refractivity contribution is -0.148. The zero-order valence-corrected chi connectivity index (χ0v) is 10.3. The summed E-state index contributed by atoms with van der Waals surface area (Å²) >= 11 is 6.08. The molecule has 90 valence electrons. The van der Waals surface area contributed by atoms with E-state index in [0.29, 0.717) is 0 Å². The molecule has 2 aromatic carbocycles. The molecule has 0 amide bonds. The fourth-order valence-electron chi connectivity index (χ4n) is 2.22. The molecule has 2 atom stereocenters. The predicted molar refractivity (Wildman–Crippen MR) is 69.4 cm³/mol. The third-order valence-corrected chi connectivity index (χ3v) is 3.51. The first-order valence-electron chi connectivity index (χ1n) is 5.75. The molecule has 3 rings (SSSR count). The van der Waals surface area contributed by atoms with Crippen molar-refractivity contribution >= 4 is 17.6 Å². The first-order valence-corrected chi connectivity index (χ1v) is 6.19. The quantitative estimate of drug-likeness (QED) is 0.577. The zero-order chi connectivity index (χ0) is 12.5. The summed E-state index contributed by atoms with van der Waals surface area (Å²) in [7, 11) is 0. The van der Waals surface area contributed by atoms with Crippen molar-refractivity contribution in [3.63, 3.8) is 0 Å². The number of carbonyl (C=O) groups excluding carboxylic acids is 1. The highest BCUT2D eigenvalue weighted by atomic mass is 35.5. The van der Waals surface area contributed by atoms with E-state index >= 15 is 0 Å². The summed E-state index contributed by atoms with van der Waals surface area (Å²) < 4.78 is 5.44. The van der Waals surface area contributed by atoms with Crippen LogP contribution in [0.3, 0.4) is 0 Å². The fourth-order valence-corrected chi connectivity index (χ4v) is 2.47. The number of rotatable bonds is 1. The lowest BCUT2D eigenvalue weighted by Crippen LogP contribution is -2.24. The molecule has 0 bridgehead atoms. The number of carbonyl (C=O) groups is 1. The van der Waals surface area contributed by atoms with E-state index in [0.717, 1.165) is 16.7 Å². The van der Waals surface area contributed by atoms with Crippen LogP contribution in [0.2, 0.25) is 0 Å². The van der Waals surface area contributed by atoms with E-state index in [1.807, 2.05) is 54.6 Å². The molecule has 0 saturated heterocycles. The summed E-state index contributed by atoms with van der Waals surface area (Å²) in [6, 6.07) is 17.3. The summed E-state index contributed by atoms with van der Waals surface area (Å²) in [4.78, 5) is 11.8. The average molecular weight is 259 g/mol. The normalized spacial score (nSPS) is 22.2. The number of benzene rings is 2. The van der Waals surface area contributed by atoms with E-state index in [1.54, 1.807) is 0 Å². The molecular formula is C15H11ClO2. The maximum absolute atomic E-state index is 11.8. The van der Waals surface area contributed by atoms with Gasteiger partial charge >= 0.3 is 5.97 Å². The first kappa shape index (κ1) is 11.3. The van der Waals surface area contributed by atoms with E-state index in [4.69, 9.17) is 16.3 Å². The largest absolute Gasteiger partial charge is 0.451 e. The van der Waals surface area contributed by atoms with Gasteiger partial charge in [-0.15, -0.1) is 11.6 Å². The lowest BCUT2D eigenvalue weighted by atomic mass is 9.93. The SMILES string of the molecule is O=C1OC(c2ccccc2)c2ccccc2C1Cl. The second-order valence-corrected chi connectivity index (χ2v) is 4.66. The Kier molecular flexibility index (Phi) is 2.80. The van der Waals surface area contributed by atoms with Crippen LogP contribution in [0.5, 0.6) is 0 Å². The van der Waals surface area contributed by atoms with Crippen molar-refractivity contribution in [2.75, 3.05) is 0 Å². The van der Waals surface area contributed by atoms with Gasteiger partial charge in [-0.2, -0.15) is 0 Å². The minimum atomic E-state index is -0.707. The molecule has 0 spiro atoms. The van der Waals surface area contributed by atoms with Crippen molar-refractivity contribution in [1.82, 2.24) is 0 Å². The number of cyclic esters (lactones) is 1. The Balaban J connectivity index is 2.13. The summed E-state index contributed by atoms with van der Waals surface area (Å²) in [6.07, 6.45) is -0.357. The maximum Gasteiger partial charge on any atom is 0.329 e. The topological polar surface area (TPSA) is 26.3 Å². The highest BCUT2D eigenvalue weighted by molar-refractivity contribution is 6.30. The average Bonchev–Trinajstić information content (AvgIpc) is 2.44. The Labute approximate surface area is 110 Å². The van der Waals surface area contributed by atoms with Crippen molar-refractivity contribution in [2.24, 2.45) is 0 Å². The van der Waals surface area contributed by atoms with Gasteiger partial charge in [0.2, 0.25) is 0 Å². The number of halogens is 1. The highest BCUT2D eigenvalue weighted by Crippen LogP contribution is 2.39. The van der Waals surface area contributed by atoms with Crippen molar-refractivity contribution in [3.8, 4) is 0 Å². The summed E-state index contributed by atoms with van der Waals surface area (Å²) in [6.45, 7) is 0. The molecule has 1 heterocycles. The first-order chi connectivity index (χ1) is 8.77. The summed E-state index contributed by atoms with van der Waals surface area (Å²) in [5.74, 6) is -0.385. The van der Waals surface area contributed by atoms with Crippen LogP contribution in [-0.2, 0) is 9.53 Å². The standard InChI is InChI=1S/C15H11ClO2/c16-13-11-8-4-5-9-12(11)14(18-15(13)17)10-6-2-1-3-7-10/h1-9,13-14H. The van der Waals surface area contributed by atoms with Gasteiger partial charge < -0.3 is 4.74 Å². The minimum Gasteiger partial charge on any atom is -0.451 e. The minimum absolute atomic E-state index is 0.357. The summed E-state index contributed by atoms with van der Waals surface area (Å²) in [5, 5.41) is -0.707. The molecule has 3 heteroatoms. The van der Waals surface area contributed by atoms with Gasteiger partial charge in [0.15, 0.2) is 11.5 Å². The van der Waals surface area contributed by atoms with Gasteiger partial charge in [0, 0.05) is 5.56 Å². The van der Waals surface area contributed by atoms with E-state index in [2.05, 4.69) is 0 Å². The van der Waals surface area contributed by atoms with Gasteiger partial charge in [-0.1, -0.05) is 54.6 Å². The van der Waals surface area contributed by atoms with Crippen molar-refractivity contribution in [1.29, 1.82) is 0 Å². The van der Waals surface area contributed by atoms with Crippen LogP contribution >= 0.6 is 11.6 Å². The molecule has 2 aromatic rings. The third-order valence-electron chi connectivity index (χ3n) is 3.09. The molecule has 0 N–H and O–H groups in total. The molecule has 0 fully saturated rings. The van der Waals surface area contributed by atoms with E-state index < -0.39 is 5.38 Å². The molecule has 0 aliphatic carbocycles. The van der Waals surface area contributed by atoms with Crippen LogP contribution < -0.4 is 0 Å². The van der Waals surface area contributed by atoms with Crippen LogP contribution in [0.25, 0.3) is 0 Å². The Morgan fingerprint density at radius 2 is 1.50 bits per heavy atom. The van der Waals surface area contributed by atoms with Crippen molar-refractivity contribution < 1.29 is 9.53 Å². The number of fused-ring (bicyclic) bond motifs is 1. The smallest absolute Gasteiger partial charge is 0.329 e. The Hall–Kier alpha value is -1.80. The van der Waals surface area contributed by atoms with Gasteiger partial charge in [0.05, 0.1) is 0 Å². The molecule has 1 aliphatic heterocycles. The van der Waals surface area contributed by atoms with Crippen LogP contribution in [0.4, 0.5) is 0 Å². The molecule has 2 unspecified atom stereocenters. The van der Waals surface area contributed by atoms with Crippen molar-refractivity contribution in [2.45, 2.75) is 11.5 Å². The molecule has 0 radical (unpaired) electrons. The number of alkyl halides is 1. The molecule has 0 aromatic heterocycles. The van der Waals surface area contributed by atoms with Crippen LogP contribution in [0.1, 0.15) is 28.2 Å². The molecular weight excluding hydrogens is 248 g/mol. The second-order valence-electron chi connectivity index (χ2n) is 4.22. The second kappa shape index (κ2) is 4.46. The Morgan fingerprint density at radius 1 is 0.889 bits per heavy atom. The fraction of sp³-hybridized carbons (Fsp3) is 0.133. The van der Waals surface area contributed by atoms with E-state index in [1.165, 1.54) is 0 Å². The van der Waals surface area contributed by atoms with Crippen LogP contribution in [0.15, 0.2) is 54.6 Å². The highest BCUT2D eigenvalue weighted by Gasteiger charge is 2.34. The van der Waals surface area contributed by atoms with Crippen LogP contribution in [-0.4, -0.2) is 5.97 Å². The maximum atomic E-state index is 11.8. The van der Waals surface area contributed by atoms with Gasteiger partial charge in [-0.05, 0) is 11.1 Å². The van der Waals surface area contributed by atoms with Gasteiger partial charge in [-0.3, -0.25) is 4.79 Å². The number of hydrogen-bond acceptors (Lipinski definition) is 2. The monoisotopic (exact) mass is 258 g/mol. The van der Waals surface area contributed by atoms with Crippen LogP contribution in [0, 0.1) is 0 Å². The number of hydrogen-bond donors (Lipinski definition) is 0. The van der Waals surface area contributed by atoms with Gasteiger partial charge in [0.25, 0.3) is 0 Å². The zero-order valence-electron chi connectivity index (χ0n) is 9.55. The number of ether oxygens (including phenoxy) is 1.